The average Bonchev–Trinajstić information content (AvgIpc) is 2.94. The van der Waals surface area contributed by atoms with Crippen LogP contribution in [0.15, 0.2) is 34.9 Å². The van der Waals surface area contributed by atoms with Gasteiger partial charge in [-0.05, 0) is 37.1 Å². The van der Waals surface area contributed by atoms with Gasteiger partial charge in [-0.15, -0.1) is 0 Å². The molecule has 4 nitrogen and oxygen atoms in total. The zero-order valence-electron chi connectivity index (χ0n) is 12.2. The fraction of sp³-hybridized carbons (Fsp3) is 0.375. The quantitative estimate of drug-likeness (QED) is 0.837. The van der Waals surface area contributed by atoms with Crippen LogP contribution in [0.3, 0.4) is 0 Å². The number of carbonyl (C=O) groups excluding carboxylic acids is 1. The molecule has 21 heavy (non-hydrogen) atoms. The van der Waals surface area contributed by atoms with Gasteiger partial charge in [0, 0.05) is 42.4 Å². The number of pyridine rings is 1. The van der Waals surface area contributed by atoms with E-state index in [0.717, 1.165) is 40.4 Å². The summed E-state index contributed by atoms with van der Waals surface area (Å²) in [5.74, 6) is 0.174. The molecule has 0 radical (unpaired) electrons. The van der Waals surface area contributed by atoms with E-state index in [1.54, 1.807) is 4.90 Å². The summed E-state index contributed by atoms with van der Waals surface area (Å²) in [6.45, 7) is 0.913. The Bertz CT molecular complexity index is 686. The Hall–Kier alpha value is -1.62. The Kier molecular flexibility index (Phi) is 3.85. The first-order valence-electron chi connectivity index (χ1n) is 7.10. The van der Waals surface area contributed by atoms with Gasteiger partial charge in [0.15, 0.2) is 0 Å². The molecule has 0 bridgehead atoms. The lowest BCUT2D eigenvalue weighted by Gasteiger charge is -2.28. The molecule has 0 N–H and O–H groups in total. The van der Waals surface area contributed by atoms with Crippen molar-refractivity contribution in [3.63, 3.8) is 0 Å². The van der Waals surface area contributed by atoms with Gasteiger partial charge < -0.3 is 9.80 Å². The third-order valence-electron chi connectivity index (χ3n) is 3.97. The van der Waals surface area contributed by atoms with Gasteiger partial charge in [-0.2, -0.15) is 0 Å². The van der Waals surface area contributed by atoms with Crippen LogP contribution in [-0.2, 0) is 4.79 Å². The molecular formula is C16H18BrN3O. The summed E-state index contributed by atoms with van der Waals surface area (Å²) in [7, 11) is 3.64. The van der Waals surface area contributed by atoms with Crippen LogP contribution in [0.2, 0.25) is 0 Å². The van der Waals surface area contributed by atoms with E-state index in [9.17, 15) is 4.79 Å². The van der Waals surface area contributed by atoms with E-state index < -0.39 is 0 Å². The first kappa shape index (κ1) is 14.3. The van der Waals surface area contributed by atoms with Crippen LogP contribution in [0.25, 0.3) is 10.9 Å². The second-order valence-corrected chi connectivity index (χ2v) is 6.49. The molecule has 2 aromatic rings. The molecule has 1 unspecified atom stereocenters. The average molecular weight is 348 g/mol. The second kappa shape index (κ2) is 5.64. The number of nitrogens with zero attached hydrogens (tertiary/aromatic N) is 3. The molecule has 0 aliphatic carbocycles. The molecule has 1 fully saturated rings. The molecule has 2 heterocycles. The van der Waals surface area contributed by atoms with Crippen LogP contribution >= 0.6 is 15.9 Å². The van der Waals surface area contributed by atoms with Crippen molar-refractivity contribution in [2.45, 2.75) is 18.9 Å². The SMILES string of the molecule is CN(C)C(=O)C1CCCN1c1ccnc2ccc(Br)cc12. The maximum Gasteiger partial charge on any atom is 0.244 e. The summed E-state index contributed by atoms with van der Waals surface area (Å²) in [5.41, 5.74) is 2.05. The molecular weight excluding hydrogens is 330 g/mol. The minimum Gasteiger partial charge on any atom is -0.359 e. The molecule has 1 saturated heterocycles. The van der Waals surface area contributed by atoms with Gasteiger partial charge in [0.05, 0.1) is 5.52 Å². The summed E-state index contributed by atoms with van der Waals surface area (Å²) >= 11 is 3.52. The van der Waals surface area contributed by atoms with Gasteiger partial charge >= 0.3 is 0 Å². The van der Waals surface area contributed by atoms with Crippen LogP contribution in [-0.4, -0.2) is 42.5 Å². The fourth-order valence-corrected chi connectivity index (χ4v) is 3.33. The van der Waals surface area contributed by atoms with E-state index in [-0.39, 0.29) is 11.9 Å². The van der Waals surface area contributed by atoms with Crippen LogP contribution < -0.4 is 4.90 Å². The molecule has 1 amide bonds. The summed E-state index contributed by atoms with van der Waals surface area (Å²) in [6.07, 6.45) is 3.78. The molecule has 0 saturated carbocycles. The Morgan fingerprint density at radius 2 is 2.19 bits per heavy atom. The second-order valence-electron chi connectivity index (χ2n) is 5.58. The van der Waals surface area contributed by atoms with Crippen molar-refractivity contribution >= 4 is 38.4 Å². The van der Waals surface area contributed by atoms with Crippen LogP contribution in [0.4, 0.5) is 5.69 Å². The molecule has 3 rings (SSSR count). The maximum atomic E-state index is 12.4. The third kappa shape index (κ3) is 2.62. The van der Waals surface area contributed by atoms with E-state index >= 15 is 0 Å². The Morgan fingerprint density at radius 1 is 1.38 bits per heavy atom. The number of benzene rings is 1. The summed E-state index contributed by atoms with van der Waals surface area (Å²) in [6, 6.07) is 8.01. The third-order valence-corrected chi connectivity index (χ3v) is 4.46. The summed E-state index contributed by atoms with van der Waals surface area (Å²) in [4.78, 5) is 20.7. The number of rotatable bonds is 2. The van der Waals surface area contributed by atoms with Crippen LogP contribution in [0.5, 0.6) is 0 Å². The lowest BCUT2D eigenvalue weighted by atomic mass is 10.1. The Balaban J connectivity index is 2.07. The van der Waals surface area contributed by atoms with E-state index in [1.165, 1.54) is 0 Å². The van der Waals surface area contributed by atoms with E-state index in [1.807, 2.05) is 38.5 Å². The minimum absolute atomic E-state index is 0.0652. The topological polar surface area (TPSA) is 36.4 Å². The number of carbonyl (C=O) groups is 1. The lowest BCUT2D eigenvalue weighted by molar-refractivity contribution is -0.129. The molecule has 1 aliphatic rings. The molecule has 1 aromatic carbocycles. The van der Waals surface area contributed by atoms with E-state index in [2.05, 4.69) is 31.9 Å². The maximum absolute atomic E-state index is 12.4. The van der Waals surface area contributed by atoms with Crippen LogP contribution in [0, 0.1) is 0 Å². The number of aromatic nitrogens is 1. The predicted octanol–water partition coefficient (Wildman–Crippen LogP) is 3.05. The molecule has 1 aromatic heterocycles. The standard InChI is InChI=1S/C16H18BrN3O/c1-19(2)16(21)15-4-3-9-20(15)14-7-8-18-13-6-5-11(17)10-12(13)14/h5-8,10,15H,3-4,9H2,1-2H3. The van der Waals surface area contributed by atoms with Gasteiger partial charge in [-0.25, -0.2) is 0 Å². The highest BCUT2D eigenvalue weighted by Crippen LogP contribution is 2.33. The molecule has 0 spiro atoms. The van der Waals surface area contributed by atoms with Crippen molar-refractivity contribution in [2.75, 3.05) is 25.5 Å². The number of amides is 1. The summed E-state index contributed by atoms with van der Waals surface area (Å²) < 4.78 is 1.03. The van der Waals surface area contributed by atoms with Crippen molar-refractivity contribution in [3.8, 4) is 0 Å². The number of hydrogen-bond donors (Lipinski definition) is 0. The van der Waals surface area contributed by atoms with Crippen molar-refractivity contribution in [1.82, 2.24) is 9.88 Å². The number of anilines is 1. The first-order chi connectivity index (χ1) is 10.1. The largest absolute Gasteiger partial charge is 0.359 e. The van der Waals surface area contributed by atoms with Crippen molar-refractivity contribution < 1.29 is 4.79 Å². The lowest BCUT2D eigenvalue weighted by Crippen LogP contribution is -2.42. The Morgan fingerprint density at radius 3 is 2.95 bits per heavy atom. The highest BCUT2D eigenvalue weighted by molar-refractivity contribution is 9.10. The number of fused-ring (bicyclic) bond motifs is 1. The summed E-state index contributed by atoms with van der Waals surface area (Å²) in [5, 5.41) is 1.09. The van der Waals surface area contributed by atoms with Gasteiger partial charge in [0.2, 0.25) is 5.91 Å². The zero-order chi connectivity index (χ0) is 15.0. The molecule has 1 atom stereocenters. The first-order valence-corrected chi connectivity index (χ1v) is 7.89. The van der Waals surface area contributed by atoms with Crippen molar-refractivity contribution in [2.24, 2.45) is 0 Å². The minimum atomic E-state index is -0.0652. The molecule has 5 heteroatoms. The van der Waals surface area contributed by atoms with E-state index in [4.69, 9.17) is 0 Å². The van der Waals surface area contributed by atoms with Gasteiger partial charge in [-0.3, -0.25) is 9.78 Å². The normalized spacial score (nSPS) is 18.2. The van der Waals surface area contributed by atoms with Crippen molar-refractivity contribution in [3.05, 3.63) is 34.9 Å². The number of hydrogen-bond acceptors (Lipinski definition) is 3. The van der Waals surface area contributed by atoms with Crippen molar-refractivity contribution in [1.29, 1.82) is 0 Å². The van der Waals surface area contributed by atoms with Crippen LogP contribution in [0.1, 0.15) is 12.8 Å². The molecule has 110 valence electrons. The highest BCUT2D eigenvalue weighted by Gasteiger charge is 2.32. The monoisotopic (exact) mass is 347 g/mol. The Labute approximate surface area is 132 Å². The van der Waals surface area contributed by atoms with E-state index in [0.29, 0.717) is 0 Å². The smallest absolute Gasteiger partial charge is 0.244 e. The number of halogens is 1. The van der Waals surface area contributed by atoms with Gasteiger partial charge in [0.1, 0.15) is 6.04 Å². The fourth-order valence-electron chi connectivity index (χ4n) is 2.96. The van der Waals surface area contributed by atoms with Gasteiger partial charge in [-0.1, -0.05) is 15.9 Å². The highest BCUT2D eigenvalue weighted by atomic mass is 79.9. The molecule has 1 aliphatic heterocycles. The zero-order valence-corrected chi connectivity index (χ0v) is 13.8. The van der Waals surface area contributed by atoms with Gasteiger partial charge in [0.25, 0.3) is 0 Å². The predicted molar refractivity (Wildman–Crippen MR) is 88.5 cm³/mol. The number of likely N-dealkylation sites (N-methyl/N-ethyl adjacent to an activating group) is 1.